The third-order valence-electron chi connectivity index (χ3n) is 3.91. The molecule has 98 valence electrons. The van der Waals surface area contributed by atoms with Crippen LogP contribution in [0.5, 0.6) is 0 Å². The lowest BCUT2D eigenvalue weighted by molar-refractivity contribution is -0.148. The lowest BCUT2D eigenvalue weighted by Crippen LogP contribution is -2.32. The molecule has 0 aliphatic heterocycles. The molecule has 1 heterocycles. The minimum Gasteiger partial charge on any atom is -0.481 e. The van der Waals surface area contributed by atoms with Gasteiger partial charge in [0.15, 0.2) is 0 Å². The molecule has 1 N–H and O–H groups in total. The molecule has 0 saturated carbocycles. The second-order valence-corrected chi connectivity index (χ2v) is 7.69. The van der Waals surface area contributed by atoms with Crippen molar-refractivity contribution in [2.45, 2.75) is 19.3 Å². The molecule has 1 aromatic carbocycles. The van der Waals surface area contributed by atoms with Crippen LogP contribution >= 0.6 is 27.3 Å². The Labute approximate surface area is 124 Å². The van der Waals surface area contributed by atoms with Crippen LogP contribution in [0.1, 0.15) is 28.8 Å². The van der Waals surface area contributed by atoms with Crippen LogP contribution in [-0.2, 0) is 11.2 Å². The van der Waals surface area contributed by atoms with Gasteiger partial charge in [0.05, 0.1) is 9.20 Å². The summed E-state index contributed by atoms with van der Waals surface area (Å²) < 4.78 is 1.07. The molecule has 0 amide bonds. The summed E-state index contributed by atoms with van der Waals surface area (Å²) in [6.45, 7) is 1.85. The number of carbonyl (C=O) groups is 1. The van der Waals surface area contributed by atoms with Gasteiger partial charge in [-0.15, -0.1) is 11.3 Å². The normalized spacial score (nSPS) is 25.3. The van der Waals surface area contributed by atoms with Crippen molar-refractivity contribution in [3.63, 3.8) is 0 Å². The minimum absolute atomic E-state index is 0.0660. The summed E-state index contributed by atoms with van der Waals surface area (Å²) in [6, 6.07) is 12.0. The largest absolute Gasteiger partial charge is 0.481 e. The van der Waals surface area contributed by atoms with Crippen LogP contribution in [0, 0.1) is 5.41 Å². The number of carboxylic acid groups (broad SMARTS) is 1. The fourth-order valence-electron chi connectivity index (χ4n) is 2.96. The van der Waals surface area contributed by atoms with Gasteiger partial charge in [-0.05, 0) is 46.5 Å². The predicted molar refractivity (Wildman–Crippen MR) is 79.8 cm³/mol. The molecule has 19 heavy (non-hydrogen) atoms. The molecule has 3 rings (SSSR count). The maximum atomic E-state index is 11.8. The molecule has 1 aliphatic carbocycles. The quantitative estimate of drug-likeness (QED) is 0.888. The second kappa shape index (κ2) is 4.46. The van der Waals surface area contributed by atoms with E-state index in [1.165, 1.54) is 4.88 Å². The van der Waals surface area contributed by atoms with Crippen molar-refractivity contribution >= 4 is 33.2 Å². The van der Waals surface area contributed by atoms with Crippen molar-refractivity contribution in [3.05, 3.63) is 56.2 Å². The molecule has 0 radical (unpaired) electrons. The number of aliphatic carboxylic acids is 1. The number of fused-ring (bicyclic) bond motifs is 1. The third-order valence-corrected chi connectivity index (χ3v) is 5.56. The van der Waals surface area contributed by atoms with Crippen LogP contribution < -0.4 is 0 Å². The van der Waals surface area contributed by atoms with Crippen molar-refractivity contribution in [2.24, 2.45) is 5.41 Å². The lowest BCUT2D eigenvalue weighted by atomic mass is 9.74. The van der Waals surface area contributed by atoms with Crippen LogP contribution in [-0.4, -0.2) is 11.1 Å². The fourth-order valence-corrected chi connectivity index (χ4v) is 4.88. The van der Waals surface area contributed by atoms with Crippen molar-refractivity contribution in [1.29, 1.82) is 0 Å². The molecule has 4 heteroatoms. The Morgan fingerprint density at radius 2 is 2.11 bits per heavy atom. The zero-order valence-electron chi connectivity index (χ0n) is 10.4. The Morgan fingerprint density at radius 3 is 2.74 bits per heavy atom. The number of rotatable bonds is 2. The Kier molecular flexibility index (Phi) is 3.02. The van der Waals surface area contributed by atoms with E-state index in [9.17, 15) is 9.90 Å². The van der Waals surface area contributed by atoms with Gasteiger partial charge in [-0.3, -0.25) is 4.79 Å². The molecule has 1 aliphatic rings. The second-order valence-electron chi connectivity index (χ2n) is 5.17. The van der Waals surface area contributed by atoms with Crippen LogP contribution in [0.2, 0.25) is 0 Å². The van der Waals surface area contributed by atoms with Gasteiger partial charge >= 0.3 is 5.97 Å². The highest BCUT2D eigenvalue weighted by Crippen LogP contribution is 2.54. The highest BCUT2D eigenvalue weighted by molar-refractivity contribution is 9.11. The van der Waals surface area contributed by atoms with Gasteiger partial charge in [-0.25, -0.2) is 0 Å². The minimum atomic E-state index is -0.747. The summed E-state index contributed by atoms with van der Waals surface area (Å²) in [4.78, 5) is 12.9. The van der Waals surface area contributed by atoms with Crippen LogP contribution in [0.3, 0.4) is 0 Å². The molecule has 2 aromatic rings. The van der Waals surface area contributed by atoms with Gasteiger partial charge < -0.3 is 5.11 Å². The fraction of sp³-hybridized carbons (Fsp3) is 0.267. The van der Waals surface area contributed by atoms with E-state index in [0.29, 0.717) is 6.42 Å². The zero-order valence-corrected chi connectivity index (χ0v) is 12.8. The molecule has 2 nitrogen and oxygen atoms in total. The van der Waals surface area contributed by atoms with E-state index in [1.54, 1.807) is 11.3 Å². The number of hydrogen-bond donors (Lipinski definition) is 1. The Bertz CT molecular complexity index is 635. The monoisotopic (exact) mass is 336 g/mol. The van der Waals surface area contributed by atoms with Crippen molar-refractivity contribution in [2.75, 3.05) is 0 Å². The van der Waals surface area contributed by atoms with Crippen LogP contribution in [0.25, 0.3) is 0 Å². The SMILES string of the molecule is CC1(C(=O)O)Cc2sc(Br)cc2C1c1ccccc1. The van der Waals surface area contributed by atoms with Crippen LogP contribution in [0.4, 0.5) is 0 Å². The van der Waals surface area contributed by atoms with Gasteiger partial charge in [-0.2, -0.15) is 0 Å². The molecule has 0 saturated heterocycles. The zero-order chi connectivity index (χ0) is 13.6. The average Bonchev–Trinajstić information content (AvgIpc) is 2.83. The number of carboxylic acids is 1. The highest BCUT2D eigenvalue weighted by atomic mass is 79.9. The molecule has 2 unspecified atom stereocenters. The first-order valence-corrected chi connectivity index (χ1v) is 7.70. The van der Waals surface area contributed by atoms with Crippen molar-refractivity contribution in [3.8, 4) is 0 Å². The smallest absolute Gasteiger partial charge is 0.310 e. The third kappa shape index (κ3) is 1.94. The molecule has 0 fully saturated rings. The molecule has 2 atom stereocenters. The molecule has 1 aromatic heterocycles. The highest BCUT2D eigenvalue weighted by Gasteiger charge is 2.49. The standard InChI is InChI=1S/C15H13BrO2S/c1-15(14(17)18)8-11-10(7-12(16)19-11)13(15)9-5-3-2-4-6-9/h2-7,13H,8H2,1H3,(H,17,18). The van der Waals surface area contributed by atoms with Gasteiger partial charge in [0.2, 0.25) is 0 Å². The Hall–Kier alpha value is -1.13. The lowest BCUT2D eigenvalue weighted by Gasteiger charge is -2.28. The van der Waals surface area contributed by atoms with E-state index in [0.717, 1.165) is 14.9 Å². The summed E-state index contributed by atoms with van der Waals surface area (Å²) in [6.07, 6.45) is 0.605. The molecule has 0 spiro atoms. The van der Waals surface area contributed by atoms with Crippen LogP contribution in [0.15, 0.2) is 40.2 Å². The van der Waals surface area contributed by atoms with Crippen molar-refractivity contribution < 1.29 is 9.90 Å². The molecular weight excluding hydrogens is 324 g/mol. The summed E-state index contributed by atoms with van der Waals surface area (Å²) >= 11 is 5.15. The maximum Gasteiger partial charge on any atom is 0.310 e. The first-order chi connectivity index (χ1) is 9.02. The van der Waals surface area contributed by atoms with Crippen molar-refractivity contribution in [1.82, 2.24) is 0 Å². The maximum absolute atomic E-state index is 11.8. The van der Waals surface area contributed by atoms with E-state index in [-0.39, 0.29) is 5.92 Å². The summed E-state index contributed by atoms with van der Waals surface area (Å²) in [7, 11) is 0. The molecular formula is C15H13BrO2S. The Morgan fingerprint density at radius 1 is 1.42 bits per heavy atom. The molecule has 0 bridgehead atoms. The summed E-state index contributed by atoms with van der Waals surface area (Å²) in [5.74, 6) is -0.787. The Balaban J connectivity index is 2.18. The van der Waals surface area contributed by atoms with E-state index < -0.39 is 11.4 Å². The van der Waals surface area contributed by atoms with Gasteiger partial charge in [0, 0.05) is 10.8 Å². The topological polar surface area (TPSA) is 37.3 Å². The summed E-state index contributed by atoms with van der Waals surface area (Å²) in [5, 5.41) is 9.66. The summed E-state index contributed by atoms with van der Waals surface area (Å²) in [5.41, 5.74) is 1.49. The predicted octanol–water partition coefficient (Wildman–Crippen LogP) is 4.29. The van der Waals surface area contributed by atoms with E-state index in [4.69, 9.17) is 0 Å². The van der Waals surface area contributed by atoms with Gasteiger partial charge in [0.25, 0.3) is 0 Å². The number of hydrogen-bond acceptors (Lipinski definition) is 2. The first kappa shape index (κ1) is 12.9. The number of halogens is 1. The van der Waals surface area contributed by atoms with E-state index in [1.807, 2.05) is 37.3 Å². The van der Waals surface area contributed by atoms with E-state index in [2.05, 4.69) is 22.0 Å². The van der Waals surface area contributed by atoms with Gasteiger partial charge in [-0.1, -0.05) is 30.3 Å². The first-order valence-electron chi connectivity index (χ1n) is 6.09. The van der Waals surface area contributed by atoms with Gasteiger partial charge in [0.1, 0.15) is 0 Å². The number of benzene rings is 1. The van der Waals surface area contributed by atoms with E-state index >= 15 is 0 Å². The number of thiophene rings is 1. The average molecular weight is 337 g/mol.